The zero-order valence-corrected chi connectivity index (χ0v) is 14.8. The lowest BCUT2D eigenvalue weighted by Gasteiger charge is -2.35. The molecule has 23 heavy (non-hydrogen) atoms. The van der Waals surface area contributed by atoms with Gasteiger partial charge in [-0.2, -0.15) is 0 Å². The fraction of sp³-hybridized carbons (Fsp3) is 0.632. The van der Waals surface area contributed by atoms with Gasteiger partial charge in [0, 0.05) is 37.5 Å². The first-order chi connectivity index (χ1) is 10.9. The maximum atomic E-state index is 12.8. The molecule has 2 N–H and O–H groups in total. The highest BCUT2D eigenvalue weighted by Gasteiger charge is 2.26. The number of piperidine rings is 1. The van der Waals surface area contributed by atoms with Crippen LogP contribution in [0.2, 0.25) is 0 Å². The van der Waals surface area contributed by atoms with E-state index >= 15 is 0 Å². The maximum absolute atomic E-state index is 12.8. The molecule has 1 amide bonds. The molecule has 1 aliphatic rings. The van der Waals surface area contributed by atoms with E-state index in [1.807, 2.05) is 36.9 Å². The molecule has 1 aliphatic heterocycles. The summed E-state index contributed by atoms with van der Waals surface area (Å²) in [6.45, 7) is 11.0. The molecule has 1 fully saturated rings. The number of rotatable bonds is 5. The number of aliphatic hydroxyl groups excluding tert-OH is 1. The van der Waals surface area contributed by atoms with Crippen molar-refractivity contribution in [3.05, 3.63) is 29.3 Å². The molecule has 1 saturated heterocycles. The summed E-state index contributed by atoms with van der Waals surface area (Å²) in [5, 5.41) is 12.5. The van der Waals surface area contributed by atoms with E-state index in [1.54, 1.807) is 0 Å². The second kappa shape index (κ2) is 7.82. The predicted octanol–water partition coefficient (Wildman–Crippen LogP) is 3.15. The number of anilines is 1. The van der Waals surface area contributed by atoms with E-state index in [0.29, 0.717) is 18.4 Å². The highest BCUT2D eigenvalue weighted by atomic mass is 16.3. The van der Waals surface area contributed by atoms with Gasteiger partial charge in [0.05, 0.1) is 0 Å². The van der Waals surface area contributed by atoms with Gasteiger partial charge < -0.3 is 15.3 Å². The Morgan fingerprint density at radius 3 is 2.61 bits per heavy atom. The largest absolute Gasteiger partial charge is 0.396 e. The summed E-state index contributed by atoms with van der Waals surface area (Å²) in [5.41, 5.74) is 2.84. The van der Waals surface area contributed by atoms with Crippen molar-refractivity contribution in [2.75, 3.05) is 31.6 Å². The van der Waals surface area contributed by atoms with Crippen LogP contribution in [0, 0.1) is 24.7 Å². The number of carbonyl (C=O) groups excluding carboxylic acids is 1. The van der Waals surface area contributed by atoms with E-state index in [4.69, 9.17) is 5.11 Å². The third-order valence-corrected chi connectivity index (χ3v) is 4.59. The van der Waals surface area contributed by atoms with Crippen molar-refractivity contribution in [2.24, 2.45) is 17.8 Å². The number of nitrogens with zero attached hydrogens (tertiary/aromatic N) is 1. The predicted molar refractivity (Wildman–Crippen MR) is 94.8 cm³/mol. The van der Waals surface area contributed by atoms with Crippen molar-refractivity contribution in [3.8, 4) is 0 Å². The number of carbonyl (C=O) groups is 1. The van der Waals surface area contributed by atoms with E-state index < -0.39 is 0 Å². The minimum atomic E-state index is 0.127. The third-order valence-electron chi connectivity index (χ3n) is 4.59. The minimum Gasteiger partial charge on any atom is -0.396 e. The van der Waals surface area contributed by atoms with Crippen LogP contribution >= 0.6 is 0 Å². The number of benzene rings is 1. The van der Waals surface area contributed by atoms with Crippen LogP contribution in [0.25, 0.3) is 0 Å². The number of nitrogens with one attached hydrogen (secondary N) is 1. The molecule has 0 bridgehead atoms. The molecule has 3 atom stereocenters. The van der Waals surface area contributed by atoms with Gasteiger partial charge in [-0.3, -0.25) is 4.79 Å². The van der Waals surface area contributed by atoms with Crippen LogP contribution in [0.15, 0.2) is 18.2 Å². The average molecular weight is 318 g/mol. The molecule has 4 heteroatoms. The summed E-state index contributed by atoms with van der Waals surface area (Å²) in [6.07, 6.45) is 1.20. The van der Waals surface area contributed by atoms with Crippen molar-refractivity contribution in [1.29, 1.82) is 0 Å². The van der Waals surface area contributed by atoms with Gasteiger partial charge >= 0.3 is 0 Å². The zero-order chi connectivity index (χ0) is 17.0. The van der Waals surface area contributed by atoms with E-state index in [2.05, 4.69) is 19.2 Å². The molecule has 1 aromatic rings. The molecule has 1 aromatic carbocycles. The van der Waals surface area contributed by atoms with Crippen LogP contribution in [0.4, 0.5) is 5.69 Å². The van der Waals surface area contributed by atoms with Crippen molar-refractivity contribution < 1.29 is 9.90 Å². The van der Waals surface area contributed by atoms with E-state index in [0.717, 1.165) is 29.9 Å². The fourth-order valence-corrected chi connectivity index (χ4v) is 3.31. The van der Waals surface area contributed by atoms with Crippen LogP contribution in [0.5, 0.6) is 0 Å². The Hall–Kier alpha value is -1.55. The van der Waals surface area contributed by atoms with Crippen LogP contribution in [-0.2, 0) is 0 Å². The van der Waals surface area contributed by atoms with E-state index in [1.165, 1.54) is 6.42 Å². The second-order valence-corrected chi connectivity index (χ2v) is 7.35. The van der Waals surface area contributed by atoms with Gasteiger partial charge in [-0.25, -0.2) is 0 Å². The normalized spacial score (nSPS) is 22.7. The van der Waals surface area contributed by atoms with Gasteiger partial charge in [-0.1, -0.05) is 26.8 Å². The van der Waals surface area contributed by atoms with Gasteiger partial charge in [0.2, 0.25) is 0 Å². The number of hydrogen-bond donors (Lipinski definition) is 2. The summed E-state index contributed by atoms with van der Waals surface area (Å²) in [6, 6.07) is 5.87. The molecule has 0 aromatic heterocycles. The Kier molecular flexibility index (Phi) is 6.05. The monoisotopic (exact) mass is 318 g/mol. The number of amides is 1. The van der Waals surface area contributed by atoms with Crippen molar-refractivity contribution in [1.82, 2.24) is 4.90 Å². The Morgan fingerprint density at radius 1 is 1.35 bits per heavy atom. The molecule has 0 aliphatic carbocycles. The van der Waals surface area contributed by atoms with Crippen LogP contribution < -0.4 is 5.32 Å². The standard InChI is InChI=1S/C19H30N2O2/c1-13-7-14(2)11-21(10-13)19(23)17-6-5-16(4)18(8-17)20-9-15(3)12-22/h5-6,8,13-15,20,22H,7,9-12H2,1-4H3/t13-,14+,15-/m1/s1. The Morgan fingerprint density at radius 2 is 2.00 bits per heavy atom. The minimum absolute atomic E-state index is 0.127. The highest BCUT2D eigenvalue weighted by Crippen LogP contribution is 2.24. The number of aliphatic hydroxyl groups is 1. The van der Waals surface area contributed by atoms with Crippen LogP contribution in [0.1, 0.15) is 43.1 Å². The molecule has 2 rings (SSSR count). The van der Waals surface area contributed by atoms with Gasteiger partial charge in [0.25, 0.3) is 5.91 Å². The lowest BCUT2D eigenvalue weighted by molar-refractivity contribution is 0.0623. The molecule has 128 valence electrons. The molecular formula is C19H30N2O2. The van der Waals surface area contributed by atoms with Gasteiger partial charge in [0.1, 0.15) is 0 Å². The Labute approximate surface area is 139 Å². The first-order valence-corrected chi connectivity index (χ1v) is 8.65. The van der Waals surface area contributed by atoms with E-state index in [-0.39, 0.29) is 18.4 Å². The molecule has 1 heterocycles. The van der Waals surface area contributed by atoms with Crippen molar-refractivity contribution >= 4 is 11.6 Å². The Balaban J connectivity index is 2.11. The van der Waals surface area contributed by atoms with Crippen LogP contribution in [-0.4, -0.2) is 42.2 Å². The smallest absolute Gasteiger partial charge is 0.253 e. The lowest BCUT2D eigenvalue weighted by atomic mass is 9.91. The quantitative estimate of drug-likeness (QED) is 0.877. The SMILES string of the molecule is Cc1ccc(C(=O)N2C[C@H](C)C[C@H](C)C2)cc1NC[C@@H](C)CO. The first kappa shape index (κ1) is 17.8. The maximum Gasteiger partial charge on any atom is 0.253 e. The summed E-state index contributed by atoms with van der Waals surface area (Å²) >= 11 is 0. The van der Waals surface area contributed by atoms with Gasteiger partial charge in [-0.15, -0.1) is 0 Å². The molecule has 0 radical (unpaired) electrons. The highest BCUT2D eigenvalue weighted by molar-refractivity contribution is 5.95. The topological polar surface area (TPSA) is 52.6 Å². The van der Waals surface area contributed by atoms with Crippen molar-refractivity contribution in [2.45, 2.75) is 34.1 Å². The number of likely N-dealkylation sites (tertiary alicyclic amines) is 1. The molecule has 4 nitrogen and oxygen atoms in total. The van der Waals surface area contributed by atoms with Gasteiger partial charge in [-0.05, 0) is 48.8 Å². The fourth-order valence-electron chi connectivity index (χ4n) is 3.31. The molecular weight excluding hydrogens is 288 g/mol. The van der Waals surface area contributed by atoms with E-state index in [9.17, 15) is 4.79 Å². The van der Waals surface area contributed by atoms with Crippen molar-refractivity contribution in [3.63, 3.8) is 0 Å². The average Bonchev–Trinajstić information content (AvgIpc) is 2.52. The van der Waals surface area contributed by atoms with Gasteiger partial charge in [0.15, 0.2) is 0 Å². The summed E-state index contributed by atoms with van der Waals surface area (Å²) in [4.78, 5) is 14.8. The summed E-state index contributed by atoms with van der Waals surface area (Å²) in [7, 11) is 0. The number of aryl methyl sites for hydroxylation is 1. The number of hydrogen-bond acceptors (Lipinski definition) is 3. The zero-order valence-electron chi connectivity index (χ0n) is 14.8. The van der Waals surface area contributed by atoms with Crippen LogP contribution in [0.3, 0.4) is 0 Å². The lowest BCUT2D eigenvalue weighted by Crippen LogP contribution is -2.42. The molecule has 0 spiro atoms. The molecule has 0 saturated carbocycles. The third kappa shape index (κ3) is 4.71. The Bertz CT molecular complexity index is 534. The first-order valence-electron chi connectivity index (χ1n) is 8.65. The second-order valence-electron chi connectivity index (χ2n) is 7.35. The molecule has 0 unspecified atom stereocenters. The summed E-state index contributed by atoms with van der Waals surface area (Å²) < 4.78 is 0. The summed E-state index contributed by atoms with van der Waals surface area (Å²) in [5.74, 6) is 1.45.